The van der Waals surface area contributed by atoms with Crippen LogP contribution in [-0.2, 0) is 16.1 Å². The number of benzene rings is 1. The Kier molecular flexibility index (Phi) is 7.59. The molecule has 234 valence electrons. The van der Waals surface area contributed by atoms with Crippen molar-refractivity contribution in [3.63, 3.8) is 0 Å². The minimum absolute atomic E-state index is 0.161. The van der Waals surface area contributed by atoms with E-state index in [0.717, 1.165) is 29.5 Å². The van der Waals surface area contributed by atoms with Crippen LogP contribution in [0.15, 0.2) is 47.3 Å². The Hall–Kier alpha value is -4.63. The maximum absolute atomic E-state index is 14.1. The maximum atomic E-state index is 14.1. The summed E-state index contributed by atoms with van der Waals surface area (Å²) in [6.45, 7) is 6.10. The number of likely N-dealkylation sites (tertiary alicyclic amines) is 1. The van der Waals surface area contributed by atoms with Gasteiger partial charge in [-0.1, -0.05) is 30.4 Å². The molecule has 2 fully saturated rings. The van der Waals surface area contributed by atoms with Crippen molar-refractivity contribution < 1.29 is 14.4 Å². The zero-order valence-electron chi connectivity index (χ0n) is 25.8. The van der Waals surface area contributed by atoms with Crippen molar-refractivity contribution in [2.45, 2.75) is 65.1 Å². The second-order valence-corrected chi connectivity index (χ2v) is 13.5. The minimum atomic E-state index is -0.759. The SMILES string of the molecule is Cc1ncc(-c2ccc3c(c2)c(C(=O)NCC2CCC2)nn3CC(=O)N2[C@H](C(=O)Nc3nc(Br)ccc3C)C[C@@]3(C)C#C[C@@H]23)cn1. The zero-order valence-corrected chi connectivity index (χ0v) is 27.4. The number of hydrogen-bond donors (Lipinski definition) is 2. The summed E-state index contributed by atoms with van der Waals surface area (Å²) in [6, 6.07) is 8.17. The molecule has 0 unspecified atom stereocenters. The van der Waals surface area contributed by atoms with Crippen molar-refractivity contribution in [1.29, 1.82) is 0 Å². The van der Waals surface area contributed by atoms with Gasteiger partial charge in [-0.2, -0.15) is 5.10 Å². The molecule has 0 spiro atoms. The third kappa shape index (κ3) is 5.42. The van der Waals surface area contributed by atoms with Gasteiger partial charge in [0.2, 0.25) is 11.8 Å². The first-order chi connectivity index (χ1) is 22.1. The number of halogens is 1. The molecule has 1 aromatic carbocycles. The van der Waals surface area contributed by atoms with Crippen LogP contribution in [0.3, 0.4) is 0 Å². The lowest BCUT2D eigenvalue weighted by Gasteiger charge is -2.34. The summed E-state index contributed by atoms with van der Waals surface area (Å²) < 4.78 is 2.15. The van der Waals surface area contributed by atoms with Crippen LogP contribution in [0.4, 0.5) is 5.82 Å². The van der Waals surface area contributed by atoms with Gasteiger partial charge in [0.05, 0.1) is 10.9 Å². The highest BCUT2D eigenvalue weighted by atomic mass is 79.9. The monoisotopic (exact) mass is 680 g/mol. The normalized spacial score (nSPS) is 21.5. The Morgan fingerprint density at radius 2 is 1.87 bits per heavy atom. The molecule has 3 aliphatic rings. The van der Waals surface area contributed by atoms with Gasteiger partial charge in [0, 0.05) is 29.9 Å². The summed E-state index contributed by atoms with van der Waals surface area (Å²) in [4.78, 5) is 55.9. The molecule has 1 aliphatic heterocycles. The molecule has 11 nitrogen and oxygen atoms in total. The average Bonchev–Trinajstić information content (AvgIpc) is 3.46. The molecule has 1 saturated carbocycles. The van der Waals surface area contributed by atoms with Crippen molar-refractivity contribution in [1.82, 2.24) is 34.9 Å². The van der Waals surface area contributed by atoms with Crippen LogP contribution >= 0.6 is 15.9 Å². The second kappa shape index (κ2) is 11.6. The first-order valence-electron chi connectivity index (χ1n) is 15.5. The molecule has 0 bridgehead atoms. The number of aromatic nitrogens is 5. The Balaban J connectivity index is 1.19. The molecular formula is C34H33BrN8O3. The van der Waals surface area contributed by atoms with Crippen LogP contribution in [0, 0.1) is 37.0 Å². The average molecular weight is 682 g/mol. The Labute approximate surface area is 274 Å². The minimum Gasteiger partial charge on any atom is -0.350 e. The molecule has 3 atom stereocenters. The van der Waals surface area contributed by atoms with Gasteiger partial charge >= 0.3 is 0 Å². The van der Waals surface area contributed by atoms with E-state index in [1.807, 2.05) is 45.0 Å². The van der Waals surface area contributed by atoms with Gasteiger partial charge in [0.1, 0.15) is 34.9 Å². The van der Waals surface area contributed by atoms with Crippen LogP contribution < -0.4 is 10.6 Å². The van der Waals surface area contributed by atoms with E-state index in [9.17, 15) is 14.4 Å². The van der Waals surface area contributed by atoms with Gasteiger partial charge in [-0.25, -0.2) is 15.0 Å². The van der Waals surface area contributed by atoms with E-state index in [1.54, 1.807) is 28.0 Å². The number of fused-ring (bicyclic) bond motifs is 2. The lowest BCUT2D eigenvalue weighted by Crippen LogP contribution is -2.50. The smallest absolute Gasteiger partial charge is 0.272 e. The Bertz CT molecular complexity index is 1960. The predicted octanol–water partition coefficient (Wildman–Crippen LogP) is 4.43. The third-order valence-electron chi connectivity index (χ3n) is 9.37. The Morgan fingerprint density at radius 1 is 1.09 bits per heavy atom. The summed E-state index contributed by atoms with van der Waals surface area (Å²) in [7, 11) is 0. The van der Waals surface area contributed by atoms with Crippen LogP contribution in [0.25, 0.3) is 22.0 Å². The van der Waals surface area contributed by atoms with Crippen molar-refractivity contribution in [3.05, 3.63) is 64.4 Å². The highest BCUT2D eigenvalue weighted by Crippen LogP contribution is 2.45. The zero-order chi connectivity index (χ0) is 32.2. The van der Waals surface area contributed by atoms with Crippen LogP contribution in [0.5, 0.6) is 0 Å². The van der Waals surface area contributed by atoms with Crippen molar-refractivity contribution >= 4 is 50.4 Å². The van der Waals surface area contributed by atoms with Crippen LogP contribution in [-0.4, -0.2) is 66.0 Å². The molecule has 4 heterocycles. The van der Waals surface area contributed by atoms with Gasteiger partial charge in [-0.15, -0.1) is 0 Å². The quantitative estimate of drug-likeness (QED) is 0.208. The van der Waals surface area contributed by atoms with Gasteiger partial charge < -0.3 is 15.5 Å². The summed E-state index contributed by atoms with van der Waals surface area (Å²) in [5.74, 6) is 6.95. The standard InChI is InChI=1S/C34H33BrN8O3/c1-19-7-10-28(35)39-31(19)40-32(45)26-14-34(3)12-11-27(34)43(26)29(44)18-42-25-9-8-22(23-16-36-20(2)37-17-23)13-24(25)30(41-42)33(46)38-15-21-5-4-6-21/h7-10,13,16-17,21,26-27H,4-6,14-15,18H2,1-3H3,(H,38,46)(H,39,40,45)/t26-,27+,34+/m0/s1. The first kappa shape index (κ1) is 30.0. The molecule has 46 heavy (non-hydrogen) atoms. The van der Waals surface area contributed by atoms with Crippen LogP contribution in [0.1, 0.15) is 54.5 Å². The van der Waals surface area contributed by atoms with Crippen molar-refractivity contribution in [3.8, 4) is 23.0 Å². The fraction of sp³-hybridized carbons (Fsp3) is 0.382. The van der Waals surface area contributed by atoms with Crippen LogP contribution in [0.2, 0.25) is 0 Å². The predicted molar refractivity (Wildman–Crippen MR) is 175 cm³/mol. The van der Waals surface area contributed by atoms with Gasteiger partial charge in [-0.05, 0) is 91.2 Å². The number of nitrogens with one attached hydrogen (secondary N) is 2. The number of carbonyl (C=O) groups is 3. The van der Waals surface area contributed by atoms with E-state index >= 15 is 0 Å². The Morgan fingerprint density at radius 3 is 2.57 bits per heavy atom. The van der Waals surface area contributed by atoms with Crippen molar-refractivity contribution in [2.24, 2.45) is 11.3 Å². The molecular weight excluding hydrogens is 648 g/mol. The van der Waals surface area contributed by atoms with Crippen molar-refractivity contribution in [2.75, 3.05) is 11.9 Å². The molecule has 12 heteroatoms. The van der Waals surface area contributed by atoms with E-state index in [1.165, 1.54) is 6.42 Å². The van der Waals surface area contributed by atoms with E-state index < -0.39 is 17.5 Å². The topological polar surface area (TPSA) is 135 Å². The van der Waals surface area contributed by atoms with E-state index in [0.29, 0.717) is 46.0 Å². The number of anilines is 1. The number of pyridine rings is 1. The molecule has 3 amide bonds. The largest absolute Gasteiger partial charge is 0.350 e. The van der Waals surface area contributed by atoms with E-state index in [2.05, 4.69) is 58.5 Å². The maximum Gasteiger partial charge on any atom is 0.272 e. The molecule has 4 aromatic rings. The fourth-order valence-electron chi connectivity index (χ4n) is 6.39. The summed E-state index contributed by atoms with van der Waals surface area (Å²) in [5, 5.41) is 11.3. The van der Waals surface area contributed by atoms with Gasteiger partial charge in [-0.3, -0.25) is 19.1 Å². The number of rotatable bonds is 8. The lowest BCUT2D eigenvalue weighted by atomic mass is 9.76. The molecule has 7 rings (SSSR count). The third-order valence-corrected chi connectivity index (χ3v) is 9.81. The summed E-state index contributed by atoms with van der Waals surface area (Å²) in [5.41, 5.74) is 2.84. The highest BCUT2D eigenvalue weighted by molar-refractivity contribution is 9.10. The number of nitrogens with zero attached hydrogens (tertiary/aromatic N) is 6. The first-order valence-corrected chi connectivity index (χ1v) is 16.2. The molecule has 0 radical (unpaired) electrons. The molecule has 3 aromatic heterocycles. The molecule has 2 N–H and O–H groups in total. The van der Waals surface area contributed by atoms with Gasteiger partial charge in [0.15, 0.2) is 5.69 Å². The molecule has 1 saturated heterocycles. The summed E-state index contributed by atoms with van der Waals surface area (Å²) >= 11 is 3.36. The molecule has 2 aliphatic carbocycles. The lowest BCUT2D eigenvalue weighted by molar-refractivity contribution is -0.138. The number of amides is 3. The van der Waals surface area contributed by atoms with E-state index in [-0.39, 0.29) is 30.0 Å². The second-order valence-electron chi connectivity index (χ2n) is 12.7. The number of aryl methyl sites for hydroxylation is 2. The number of carbonyl (C=O) groups excluding carboxylic acids is 3. The summed E-state index contributed by atoms with van der Waals surface area (Å²) in [6.07, 6.45) is 7.29. The highest BCUT2D eigenvalue weighted by Gasteiger charge is 2.56. The van der Waals surface area contributed by atoms with Gasteiger partial charge in [0.25, 0.3) is 5.91 Å². The fourth-order valence-corrected chi connectivity index (χ4v) is 6.70. The number of hydrogen-bond acceptors (Lipinski definition) is 7. The van der Waals surface area contributed by atoms with E-state index in [4.69, 9.17) is 0 Å².